The van der Waals surface area contributed by atoms with Crippen molar-refractivity contribution in [3.05, 3.63) is 0 Å². The van der Waals surface area contributed by atoms with Crippen LogP contribution in [0.5, 0.6) is 0 Å². The van der Waals surface area contributed by atoms with Crippen molar-refractivity contribution in [2.45, 2.75) is 0 Å². The van der Waals surface area contributed by atoms with Gasteiger partial charge in [0.1, 0.15) is 26.4 Å². The van der Waals surface area contributed by atoms with Crippen LogP contribution in [0.15, 0.2) is 0 Å². The van der Waals surface area contributed by atoms with Gasteiger partial charge in [-0.05, 0) is 0 Å². The average Bonchev–Trinajstić information content (AvgIpc) is 2.53. The number of carbonyl (C=O) groups is 4. The van der Waals surface area contributed by atoms with Crippen molar-refractivity contribution < 1.29 is 48.3 Å². The first-order valence-corrected chi connectivity index (χ1v) is 7.19. The molecular formula is C13H22N2O10. The van der Waals surface area contributed by atoms with E-state index in [4.69, 9.17) is 29.2 Å². The van der Waals surface area contributed by atoms with Gasteiger partial charge in [0.2, 0.25) is 11.8 Å². The topological polar surface area (TPSA) is 170 Å². The maximum atomic E-state index is 11.3. The van der Waals surface area contributed by atoms with Gasteiger partial charge in [-0.15, -0.1) is 0 Å². The molecule has 0 fully saturated rings. The highest BCUT2D eigenvalue weighted by Crippen LogP contribution is 1.81. The van der Waals surface area contributed by atoms with Crippen molar-refractivity contribution in [1.29, 1.82) is 0 Å². The van der Waals surface area contributed by atoms with E-state index < -0.39 is 37.0 Å². The van der Waals surface area contributed by atoms with E-state index in [1.54, 1.807) is 0 Å². The molecule has 4 N–H and O–H groups in total. The van der Waals surface area contributed by atoms with Crippen LogP contribution in [0.2, 0.25) is 0 Å². The summed E-state index contributed by atoms with van der Waals surface area (Å²) in [6.07, 6.45) is 0. The van der Waals surface area contributed by atoms with E-state index in [-0.39, 0.29) is 46.3 Å². The van der Waals surface area contributed by atoms with Crippen LogP contribution in [0.3, 0.4) is 0 Å². The SMILES string of the molecule is O=C(O)COCCOCC(=O)NCNC(=O)COCCOCC(=O)O. The molecule has 0 spiro atoms. The lowest BCUT2D eigenvalue weighted by Crippen LogP contribution is -2.40. The molecular weight excluding hydrogens is 344 g/mol. The molecule has 0 aromatic rings. The second-order valence-corrected chi connectivity index (χ2v) is 4.37. The molecule has 0 heterocycles. The quantitative estimate of drug-likeness (QED) is 0.168. The van der Waals surface area contributed by atoms with Gasteiger partial charge in [-0.25, -0.2) is 9.59 Å². The molecule has 0 aliphatic carbocycles. The van der Waals surface area contributed by atoms with E-state index in [1.807, 2.05) is 0 Å². The second-order valence-electron chi connectivity index (χ2n) is 4.37. The number of carboxylic acid groups (broad SMARTS) is 2. The van der Waals surface area contributed by atoms with Gasteiger partial charge in [0, 0.05) is 0 Å². The first kappa shape index (κ1) is 22.7. The predicted octanol–water partition coefficient (Wildman–Crippen LogP) is -2.59. The highest BCUT2D eigenvalue weighted by molar-refractivity contribution is 5.79. The standard InChI is InChI=1S/C13H22N2O10/c16-10(5-22-1-3-24-7-12(18)19)14-9-15-11(17)6-23-2-4-25-8-13(20)21/h1-9H2,(H,14,16)(H,15,17)(H,18,19)(H,20,21). The van der Waals surface area contributed by atoms with Crippen molar-refractivity contribution in [2.24, 2.45) is 0 Å². The Labute approximate surface area is 143 Å². The molecule has 0 aromatic heterocycles. The van der Waals surface area contributed by atoms with Crippen LogP contribution in [0.25, 0.3) is 0 Å². The third kappa shape index (κ3) is 17.9. The third-order valence-electron chi connectivity index (χ3n) is 2.23. The Balaban J connectivity index is 3.41. The zero-order chi connectivity index (χ0) is 18.9. The Morgan fingerprint density at radius 3 is 1.24 bits per heavy atom. The maximum Gasteiger partial charge on any atom is 0.329 e. The molecule has 25 heavy (non-hydrogen) atoms. The molecule has 12 nitrogen and oxygen atoms in total. The Kier molecular flexibility index (Phi) is 13.9. The van der Waals surface area contributed by atoms with Crippen LogP contribution in [0.1, 0.15) is 0 Å². The summed E-state index contributed by atoms with van der Waals surface area (Å²) >= 11 is 0. The summed E-state index contributed by atoms with van der Waals surface area (Å²) in [7, 11) is 0. The van der Waals surface area contributed by atoms with E-state index in [0.717, 1.165) is 0 Å². The van der Waals surface area contributed by atoms with Gasteiger partial charge >= 0.3 is 11.9 Å². The second kappa shape index (κ2) is 15.3. The van der Waals surface area contributed by atoms with Gasteiger partial charge in [-0.1, -0.05) is 0 Å². The molecule has 0 bridgehead atoms. The van der Waals surface area contributed by atoms with Gasteiger partial charge < -0.3 is 39.8 Å². The molecule has 144 valence electrons. The van der Waals surface area contributed by atoms with Crippen LogP contribution < -0.4 is 10.6 Å². The number of aliphatic carboxylic acids is 2. The monoisotopic (exact) mass is 366 g/mol. The summed E-state index contributed by atoms with van der Waals surface area (Å²) in [5.74, 6) is -3.13. The van der Waals surface area contributed by atoms with Crippen molar-refractivity contribution in [1.82, 2.24) is 10.6 Å². The largest absolute Gasteiger partial charge is 0.480 e. The van der Waals surface area contributed by atoms with Gasteiger partial charge in [0.15, 0.2) is 0 Å². The summed E-state index contributed by atoms with van der Waals surface area (Å²) in [6, 6.07) is 0. The van der Waals surface area contributed by atoms with Crippen LogP contribution >= 0.6 is 0 Å². The highest BCUT2D eigenvalue weighted by Gasteiger charge is 2.04. The molecule has 2 amide bonds. The maximum absolute atomic E-state index is 11.3. The van der Waals surface area contributed by atoms with Gasteiger partial charge in [0.25, 0.3) is 0 Å². The molecule has 0 radical (unpaired) electrons. The van der Waals surface area contributed by atoms with Gasteiger partial charge in [0.05, 0.1) is 33.1 Å². The molecule has 0 atom stereocenters. The normalized spacial score (nSPS) is 10.2. The number of ether oxygens (including phenoxy) is 4. The van der Waals surface area contributed by atoms with Crippen LogP contribution in [0, 0.1) is 0 Å². The number of nitrogens with one attached hydrogen (secondary N) is 2. The number of hydrogen-bond donors (Lipinski definition) is 4. The Morgan fingerprint density at radius 1 is 0.600 bits per heavy atom. The van der Waals surface area contributed by atoms with Crippen molar-refractivity contribution in [2.75, 3.05) is 59.5 Å². The molecule has 0 unspecified atom stereocenters. The Hall–Kier alpha value is -2.28. The fraction of sp³-hybridized carbons (Fsp3) is 0.692. The minimum atomic E-state index is -1.09. The van der Waals surface area contributed by atoms with Gasteiger partial charge in [-0.3, -0.25) is 9.59 Å². The number of hydrogen-bond acceptors (Lipinski definition) is 8. The zero-order valence-electron chi connectivity index (χ0n) is 13.5. The Morgan fingerprint density at radius 2 is 0.920 bits per heavy atom. The first-order chi connectivity index (χ1) is 11.9. The van der Waals surface area contributed by atoms with E-state index in [0.29, 0.717) is 0 Å². The van der Waals surface area contributed by atoms with E-state index in [1.165, 1.54) is 0 Å². The van der Waals surface area contributed by atoms with Crippen LogP contribution in [-0.4, -0.2) is 93.5 Å². The van der Waals surface area contributed by atoms with E-state index in [9.17, 15) is 19.2 Å². The van der Waals surface area contributed by atoms with E-state index in [2.05, 4.69) is 10.6 Å². The zero-order valence-corrected chi connectivity index (χ0v) is 13.5. The predicted molar refractivity (Wildman–Crippen MR) is 79.7 cm³/mol. The van der Waals surface area contributed by atoms with Crippen molar-refractivity contribution in [3.8, 4) is 0 Å². The van der Waals surface area contributed by atoms with E-state index >= 15 is 0 Å². The molecule has 12 heteroatoms. The average molecular weight is 366 g/mol. The third-order valence-corrected chi connectivity index (χ3v) is 2.23. The van der Waals surface area contributed by atoms with Crippen molar-refractivity contribution >= 4 is 23.8 Å². The molecule has 0 saturated carbocycles. The van der Waals surface area contributed by atoms with Crippen molar-refractivity contribution in [3.63, 3.8) is 0 Å². The Bertz CT molecular complexity index is 391. The minimum absolute atomic E-state index is 0.0455. The summed E-state index contributed by atoms with van der Waals surface area (Å²) in [6.45, 7) is -1.29. The fourth-order valence-corrected chi connectivity index (χ4v) is 1.23. The summed E-state index contributed by atoms with van der Waals surface area (Å²) < 4.78 is 19.3. The smallest absolute Gasteiger partial charge is 0.329 e. The summed E-state index contributed by atoms with van der Waals surface area (Å²) in [4.78, 5) is 43.0. The minimum Gasteiger partial charge on any atom is -0.480 e. The molecule has 0 aliphatic rings. The number of carbonyl (C=O) groups excluding carboxylic acids is 2. The lowest BCUT2D eigenvalue weighted by atomic mass is 10.6. The molecule has 0 aromatic carbocycles. The lowest BCUT2D eigenvalue weighted by Gasteiger charge is -2.08. The summed E-state index contributed by atoms with van der Waals surface area (Å²) in [5.41, 5.74) is 0. The highest BCUT2D eigenvalue weighted by atomic mass is 16.5. The van der Waals surface area contributed by atoms with Crippen LogP contribution in [0.4, 0.5) is 0 Å². The molecule has 0 aliphatic heterocycles. The lowest BCUT2D eigenvalue weighted by molar-refractivity contribution is -0.143. The molecule has 0 rings (SSSR count). The fourth-order valence-electron chi connectivity index (χ4n) is 1.23. The van der Waals surface area contributed by atoms with Gasteiger partial charge in [-0.2, -0.15) is 0 Å². The molecule has 0 saturated heterocycles. The first-order valence-electron chi connectivity index (χ1n) is 7.19. The number of rotatable bonds is 16. The number of amides is 2. The summed E-state index contributed by atoms with van der Waals surface area (Å²) in [5, 5.41) is 21.4. The van der Waals surface area contributed by atoms with Crippen LogP contribution in [-0.2, 0) is 38.1 Å². The number of carboxylic acids is 2.